The molecule has 0 unspecified atom stereocenters. The number of benzene rings is 1. The van der Waals surface area contributed by atoms with Crippen molar-refractivity contribution in [3.05, 3.63) is 46.9 Å². The minimum atomic E-state index is -0.596. The maximum atomic E-state index is 13.2. The van der Waals surface area contributed by atoms with Gasteiger partial charge in [0.1, 0.15) is 17.5 Å². The van der Waals surface area contributed by atoms with Gasteiger partial charge in [-0.05, 0) is 30.7 Å². The first-order valence-corrected chi connectivity index (χ1v) is 8.84. The molecule has 0 amide bonds. The highest BCUT2D eigenvalue weighted by atomic mass is 35.5. The molecule has 3 rings (SSSR count). The van der Waals surface area contributed by atoms with E-state index in [0.717, 1.165) is 18.4 Å². The highest BCUT2D eigenvalue weighted by Gasteiger charge is 2.21. The van der Waals surface area contributed by atoms with Gasteiger partial charge in [-0.15, -0.1) is 11.8 Å². The van der Waals surface area contributed by atoms with E-state index in [0.29, 0.717) is 29.6 Å². The molecule has 0 bridgehead atoms. The monoisotopic (exact) mass is 371 g/mol. The van der Waals surface area contributed by atoms with Gasteiger partial charge in [0.05, 0.1) is 24.9 Å². The van der Waals surface area contributed by atoms with Crippen LogP contribution in [0.15, 0.2) is 29.2 Å². The largest absolute Gasteiger partial charge is 0.377 e. The number of hydrogen-bond acceptors (Lipinski definition) is 5. The second-order valence-corrected chi connectivity index (χ2v) is 6.88. The average Bonchev–Trinajstić information content (AvgIpc) is 2.52. The molecule has 4 nitrogen and oxygen atoms in total. The molecule has 1 atom stereocenters. The van der Waals surface area contributed by atoms with Crippen LogP contribution >= 0.6 is 23.4 Å². The zero-order valence-electron chi connectivity index (χ0n) is 13.0. The first-order chi connectivity index (χ1) is 11.5. The Kier molecular flexibility index (Phi) is 5.53. The summed E-state index contributed by atoms with van der Waals surface area (Å²) in [5.74, 6) is -0.00875. The molecular weight excluding hydrogens is 356 g/mol. The molecule has 1 fully saturated rings. The van der Waals surface area contributed by atoms with Crippen LogP contribution in [-0.4, -0.2) is 35.8 Å². The minimum absolute atomic E-state index is 0.159. The fourth-order valence-corrected chi connectivity index (χ4v) is 3.56. The molecule has 2 heterocycles. The van der Waals surface area contributed by atoms with E-state index >= 15 is 0 Å². The van der Waals surface area contributed by atoms with Crippen molar-refractivity contribution in [2.24, 2.45) is 0 Å². The third-order valence-electron chi connectivity index (χ3n) is 3.62. The van der Waals surface area contributed by atoms with Gasteiger partial charge in [-0.1, -0.05) is 0 Å². The predicted octanol–water partition coefficient (Wildman–Crippen LogP) is 3.93. The Balaban J connectivity index is 1.76. The Morgan fingerprint density at radius 2 is 2.00 bits per heavy atom. The highest BCUT2D eigenvalue weighted by Crippen LogP contribution is 2.26. The summed E-state index contributed by atoms with van der Waals surface area (Å²) >= 11 is 7.33. The number of thioether (sulfide) groups is 1. The molecular formula is C16H16ClF2N3OS. The van der Waals surface area contributed by atoms with E-state index in [1.807, 2.05) is 6.07 Å². The number of aromatic nitrogens is 2. The van der Waals surface area contributed by atoms with E-state index in [4.69, 9.17) is 16.3 Å². The second-order valence-electron chi connectivity index (χ2n) is 5.50. The molecule has 0 N–H and O–H groups in total. The van der Waals surface area contributed by atoms with Crippen molar-refractivity contribution in [1.82, 2.24) is 9.97 Å². The van der Waals surface area contributed by atoms with E-state index in [-0.39, 0.29) is 11.3 Å². The average molecular weight is 372 g/mol. The third kappa shape index (κ3) is 4.34. The summed E-state index contributed by atoms with van der Waals surface area (Å²) in [6.07, 6.45) is 0. The van der Waals surface area contributed by atoms with Crippen molar-refractivity contribution in [3.8, 4) is 0 Å². The van der Waals surface area contributed by atoms with Gasteiger partial charge in [0.15, 0.2) is 0 Å². The van der Waals surface area contributed by atoms with Crippen molar-refractivity contribution in [3.63, 3.8) is 0 Å². The minimum Gasteiger partial charge on any atom is -0.377 e. The molecule has 0 aliphatic carbocycles. The van der Waals surface area contributed by atoms with Crippen LogP contribution in [0.2, 0.25) is 5.28 Å². The zero-order chi connectivity index (χ0) is 17.1. The summed E-state index contributed by atoms with van der Waals surface area (Å²) in [7, 11) is 0. The standard InChI is InChI=1S/C16H16ClF2N3OS/c1-10-8-23-3-2-22(10)15-7-13(20-16(17)21-15)9-24-14-5-11(18)4-12(19)6-14/h4-7,10H,2-3,8-9H2,1H3/t10-/m0/s1. The lowest BCUT2D eigenvalue weighted by Gasteiger charge is -2.34. The number of ether oxygens (including phenoxy) is 1. The summed E-state index contributed by atoms with van der Waals surface area (Å²) < 4.78 is 31.9. The van der Waals surface area contributed by atoms with Crippen molar-refractivity contribution in [2.45, 2.75) is 23.6 Å². The molecule has 8 heteroatoms. The molecule has 1 aliphatic heterocycles. The molecule has 128 valence electrons. The van der Waals surface area contributed by atoms with Gasteiger partial charge in [-0.25, -0.2) is 18.7 Å². The zero-order valence-corrected chi connectivity index (χ0v) is 14.6. The number of anilines is 1. The lowest BCUT2D eigenvalue weighted by molar-refractivity contribution is 0.0985. The molecule has 1 aromatic carbocycles. The van der Waals surface area contributed by atoms with Crippen LogP contribution in [0.5, 0.6) is 0 Å². The molecule has 1 aromatic heterocycles. The molecule has 0 saturated carbocycles. The fraction of sp³-hybridized carbons (Fsp3) is 0.375. The highest BCUT2D eigenvalue weighted by molar-refractivity contribution is 7.98. The van der Waals surface area contributed by atoms with Crippen LogP contribution < -0.4 is 4.90 Å². The lowest BCUT2D eigenvalue weighted by Crippen LogP contribution is -2.44. The van der Waals surface area contributed by atoms with Crippen LogP contribution in [0.3, 0.4) is 0 Å². The Hall–Kier alpha value is -1.44. The molecule has 0 spiro atoms. The van der Waals surface area contributed by atoms with E-state index in [9.17, 15) is 8.78 Å². The van der Waals surface area contributed by atoms with Crippen LogP contribution in [-0.2, 0) is 10.5 Å². The van der Waals surface area contributed by atoms with E-state index in [2.05, 4.69) is 21.8 Å². The van der Waals surface area contributed by atoms with Gasteiger partial charge < -0.3 is 9.64 Å². The Labute approximate surface area is 148 Å². The second kappa shape index (κ2) is 7.63. The normalized spacial score (nSPS) is 18.0. The molecule has 2 aromatic rings. The van der Waals surface area contributed by atoms with Gasteiger partial charge in [-0.3, -0.25) is 0 Å². The quantitative estimate of drug-likeness (QED) is 0.601. The summed E-state index contributed by atoms with van der Waals surface area (Å²) in [5.41, 5.74) is 0.707. The first kappa shape index (κ1) is 17.4. The van der Waals surface area contributed by atoms with Crippen molar-refractivity contribution in [2.75, 3.05) is 24.7 Å². The van der Waals surface area contributed by atoms with Gasteiger partial charge in [0, 0.05) is 29.3 Å². The van der Waals surface area contributed by atoms with E-state index in [1.54, 1.807) is 0 Å². The topological polar surface area (TPSA) is 38.2 Å². The SMILES string of the molecule is C[C@H]1COCCN1c1cc(CSc2cc(F)cc(F)c2)nc(Cl)n1. The number of halogens is 3. The van der Waals surface area contributed by atoms with Gasteiger partial charge in [0.25, 0.3) is 0 Å². The Morgan fingerprint density at radius 3 is 2.71 bits per heavy atom. The maximum absolute atomic E-state index is 13.2. The summed E-state index contributed by atoms with van der Waals surface area (Å²) in [4.78, 5) is 11.1. The van der Waals surface area contributed by atoms with Gasteiger partial charge >= 0.3 is 0 Å². The Bertz CT molecular complexity index is 714. The van der Waals surface area contributed by atoms with Gasteiger partial charge in [-0.2, -0.15) is 0 Å². The smallest absolute Gasteiger partial charge is 0.224 e. The van der Waals surface area contributed by atoms with Crippen molar-refractivity contribution < 1.29 is 13.5 Å². The lowest BCUT2D eigenvalue weighted by atomic mass is 10.2. The van der Waals surface area contributed by atoms with Crippen LogP contribution in [0, 0.1) is 11.6 Å². The fourth-order valence-electron chi connectivity index (χ4n) is 2.51. The first-order valence-electron chi connectivity index (χ1n) is 7.48. The number of rotatable bonds is 4. The molecule has 1 aliphatic rings. The van der Waals surface area contributed by atoms with Crippen LogP contribution in [0.25, 0.3) is 0 Å². The van der Waals surface area contributed by atoms with Crippen LogP contribution in [0.1, 0.15) is 12.6 Å². The molecule has 24 heavy (non-hydrogen) atoms. The molecule has 1 saturated heterocycles. The predicted molar refractivity (Wildman–Crippen MR) is 90.6 cm³/mol. The Morgan fingerprint density at radius 1 is 1.25 bits per heavy atom. The van der Waals surface area contributed by atoms with Crippen molar-refractivity contribution >= 4 is 29.2 Å². The molecule has 0 radical (unpaired) electrons. The summed E-state index contributed by atoms with van der Waals surface area (Å²) in [5, 5.41) is 0.159. The van der Waals surface area contributed by atoms with E-state index < -0.39 is 11.6 Å². The van der Waals surface area contributed by atoms with E-state index in [1.165, 1.54) is 23.9 Å². The number of morpholine rings is 1. The maximum Gasteiger partial charge on any atom is 0.224 e. The number of hydrogen-bond donors (Lipinski definition) is 0. The third-order valence-corrected chi connectivity index (χ3v) is 4.80. The number of nitrogens with zero attached hydrogens (tertiary/aromatic N) is 3. The van der Waals surface area contributed by atoms with Crippen molar-refractivity contribution in [1.29, 1.82) is 0 Å². The summed E-state index contributed by atoms with van der Waals surface area (Å²) in [6, 6.07) is 5.49. The van der Waals surface area contributed by atoms with Crippen LogP contribution in [0.4, 0.5) is 14.6 Å². The summed E-state index contributed by atoms with van der Waals surface area (Å²) in [6.45, 7) is 4.06. The van der Waals surface area contributed by atoms with Gasteiger partial charge in [0.2, 0.25) is 5.28 Å².